The summed E-state index contributed by atoms with van der Waals surface area (Å²) in [4.78, 5) is 57.5. The van der Waals surface area contributed by atoms with Crippen LogP contribution in [0.4, 0.5) is 4.39 Å². The SMILES string of the molecule is CC(C)[C@@H]1CN(C(=O)c2ccc3nnc(-c4cccn4C)n3c2)CC(=O)NCCCc2ccc(F)c(c2)C(=O)N2CCC[C@H]2C(=O)N1. The van der Waals surface area contributed by atoms with Gasteiger partial charge in [-0.1, -0.05) is 19.9 Å². The zero-order valence-corrected chi connectivity index (χ0v) is 26.8. The molecule has 0 aliphatic carbocycles. The Morgan fingerprint density at radius 2 is 1.89 bits per heavy atom. The van der Waals surface area contributed by atoms with Gasteiger partial charge < -0.3 is 25.0 Å². The first-order chi connectivity index (χ1) is 22.6. The Morgan fingerprint density at radius 3 is 2.66 bits per heavy atom. The summed E-state index contributed by atoms with van der Waals surface area (Å²) in [5.74, 6) is -1.81. The Kier molecular flexibility index (Phi) is 9.06. The smallest absolute Gasteiger partial charge is 0.257 e. The monoisotopic (exact) mass is 642 g/mol. The van der Waals surface area contributed by atoms with Crippen molar-refractivity contribution in [1.29, 1.82) is 0 Å². The highest BCUT2D eigenvalue weighted by molar-refractivity contribution is 5.99. The van der Waals surface area contributed by atoms with Gasteiger partial charge in [-0.05, 0) is 73.6 Å². The van der Waals surface area contributed by atoms with E-state index in [0.717, 1.165) is 11.3 Å². The summed E-state index contributed by atoms with van der Waals surface area (Å²) in [5.41, 5.74) is 2.40. The number of halogens is 1. The first-order valence-corrected chi connectivity index (χ1v) is 16.0. The average molecular weight is 643 g/mol. The molecule has 2 bridgehead atoms. The van der Waals surface area contributed by atoms with E-state index in [0.29, 0.717) is 55.8 Å². The number of pyridine rings is 1. The van der Waals surface area contributed by atoms with Crippen molar-refractivity contribution in [3.8, 4) is 11.5 Å². The van der Waals surface area contributed by atoms with E-state index in [-0.39, 0.29) is 36.4 Å². The summed E-state index contributed by atoms with van der Waals surface area (Å²) in [6.07, 6.45) is 5.66. The highest BCUT2D eigenvalue weighted by Crippen LogP contribution is 2.24. The summed E-state index contributed by atoms with van der Waals surface area (Å²) in [6.45, 7) is 4.33. The fraction of sp³-hybridized carbons (Fsp3) is 0.412. The van der Waals surface area contributed by atoms with E-state index in [1.807, 2.05) is 43.8 Å². The van der Waals surface area contributed by atoms with Gasteiger partial charge in [0.05, 0.1) is 23.4 Å². The summed E-state index contributed by atoms with van der Waals surface area (Å²) in [6, 6.07) is 10.3. The Morgan fingerprint density at radius 1 is 1.06 bits per heavy atom. The van der Waals surface area contributed by atoms with Crippen LogP contribution in [0.5, 0.6) is 0 Å². The molecule has 2 N–H and O–H groups in total. The van der Waals surface area contributed by atoms with Gasteiger partial charge in [0.2, 0.25) is 11.8 Å². The molecule has 5 heterocycles. The van der Waals surface area contributed by atoms with Crippen LogP contribution in [0.15, 0.2) is 54.9 Å². The van der Waals surface area contributed by atoms with Gasteiger partial charge in [0, 0.05) is 45.1 Å². The molecule has 4 aromatic rings. The predicted molar refractivity (Wildman–Crippen MR) is 172 cm³/mol. The number of carbonyl (C=O) groups is 4. The minimum Gasteiger partial charge on any atom is -0.355 e. The topological polar surface area (TPSA) is 134 Å². The van der Waals surface area contributed by atoms with Gasteiger partial charge in [0.25, 0.3) is 11.8 Å². The van der Waals surface area contributed by atoms with E-state index in [4.69, 9.17) is 0 Å². The highest BCUT2D eigenvalue weighted by Gasteiger charge is 2.37. The standard InChI is InChI=1S/C34H39FN8O4/c1-21(2)26-19-41(33(46)23-11-13-29-38-39-31(43(29)18-23)27-8-5-15-40(27)3)20-30(44)36-14-4-7-22-10-12-25(35)24(17-22)34(47)42-16-6-9-28(42)32(45)37-26/h5,8,10-13,15,17-18,21,26,28H,4,6-7,9,14,16,19-20H2,1-3H3,(H,36,44)(H,37,45)/t26-,28-/m0/s1. The van der Waals surface area contributed by atoms with Crippen LogP contribution in [0.25, 0.3) is 17.2 Å². The molecular weight excluding hydrogens is 603 g/mol. The molecule has 1 saturated heterocycles. The molecular formula is C34H39FN8O4. The quantitative estimate of drug-likeness (QED) is 0.353. The van der Waals surface area contributed by atoms with E-state index in [1.165, 1.54) is 21.9 Å². The molecule has 12 nitrogen and oxygen atoms in total. The Hall–Kier alpha value is -5.07. The fourth-order valence-corrected chi connectivity index (χ4v) is 6.31. The third kappa shape index (κ3) is 6.60. The Bertz CT molecular complexity index is 1830. The molecule has 3 aromatic heterocycles. The second kappa shape index (κ2) is 13.3. The Balaban J connectivity index is 1.31. The minimum absolute atomic E-state index is 0.0522. The molecule has 13 heteroatoms. The number of nitrogens with zero attached hydrogens (tertiary/aromatic N) is 6. The predicted octanol–water partition coefficient (Wildman–Crippen LogP) is 2.82. The minimum atomic E-state index is -0.776. The molecule has 0 spiro atoms. The molecule has 6 rings (SSSR count). The lowest BCUT2D eigenvalue weighted by molar-refractivity contribution is -0.126. The van der Waals surface area contributed by atoms with Gasteiger partial charge >= 0.3 is 0 Å². The molecule has 2 aliphatic heterocycles. The van der Waals surface area contributed by atoms with Gasteiger partial charge in [-0.2, -0.15) is 0 Å². The van der Waals surface area contributed by atoms with Crippen molar-refractivity contribution in [2.75, 3.05) is 26.2 Å². The number of aryl methyl sites for hydroxylation is 2. The molecule has 0 radical (unpaired) electrons. The van der Waals surface area contributed by atoms with Crippen LogP contribution in [0, 0.1) is 11.7 Å². The number of amides is 4. The van der Waals surface area contributed by atoms with E-state index in [9.17, 15) is 23.6 Å². The number of fused-ring (bicyclic) bond motifs is 4. The van der Waals surface area contributed by atoms with E-state index in [2.05, 4.69) is 20.8 Å². The average Bonchev–Trinajstić information content (AvgIpc) is 3.81. The number of hydrogen-bond acceptors (Lipinski definition) is 6. The van der Waals surface area contributed by atoms with E-state index >= 15 is 0 Å². The zero-order chi connectivity index (χ0) is 33.2. The van der Waals surface area contributed by atoms with Gasteiger partial charge in [0.1, 0.15) is 11.9 Å². The van der Waals surface area contributed by atoms with Gasteiger partial charge in [-0.3, -0.25) is 23.6 Å². The summed E-state index contributed by atoms with van der Waals surface area (Å²) in [5, 5.41) is 14.5. The summed E-state index contributed by atoms with van der Waals surface area (Å²) in [7, 11) is 1.90. The third-order valence-electron chi connectivity index (χ3n) is 9.04. The summed E-state index contributed by atoms with van der Waals surface area (Å²) < 4.78 is 18.5. The molecule has 4 amide bonds. The van der Waals surface area contributed by atoms with Crippen molar-refractivity contribution in [3.63, 3.8) is 0 Å². The first-order valence-electron chi connectivity index (χ1n) is 16.0. The molecule has 47 heavy (non-hydrogen) atoms. The number of nitrogens with one attached hydrogen (secondary N) is 2. The van der Waals surface area contributed by atoms with Gasteiger partial charge in [0.15, 0.2) is 11.5 Å². The molecule has 0 unspecified atom stereocenters. The van der Waals surface area contributed by atoms with Crippen LogP contribution in [-0.4, -0.2) is 90.9 Å². The fourth-order valence-electron chi connectivity index (χ4n) is 6.31. The van der Waals surface area contributed by atoms with Crippen LogP contribution < -0.4 is 10.6 Å². The van der Waals surface area contributed by atoms with Crippen LogP contribution in [0.2, 0.25) is 0 Å². The lowest BCUT2D eigenvalue weighted by Gasteiger charge is -2.32. The highest BCUT2D eigenvalue weighted by atomic mass is 19.1. The normalized spacial score (nSPS) is 19.9. The Labute approximate surface area is 271 Å². The van der Waals surface area contributed by atoms with Crippen molar-refractivity contribution in [1.82, 2.24) is 39.6 Å². The number of rotatable bonds is 3. The lowest BCUT2D eigenvalue weighted by atomic mass is 10.0. The maximum atomic E-state index is 14.9. The number of carbonyl (C=O) groups excluding carboxylic acids is 4. The first kappa shape index (κ1) is 31.9. The number of hydrogen-bond donors (Lipinski definition) is 2. The largest absolute Gasteiger partial charge is 0.355 e. The molecule has 1 aromatic carbocycles. The molecule has 2 atom stereocenters. The van der Waals surface area contributed by atoms with Gasteiger partial charge in [-0.25, -0.2) is 4.39 Å². The molecule has 1 fully saturated rings. The molecule has 0 saturated carbocycles. The third-order valence-corrected chi connectivity index (χ3v) is 9.04. The van der Waals surface area contributed by atoms with Crippen molar-refractivity contribution < 1.29 is 23.6 Å². The van der Waals surface area contributed by atoms with Gasteiger partial charge in [-0.15, -0.1) is 10.2 Å². The zero-order valence-electron chi connectivity index (χ0n) is 26.8. The van der Waals surface area contributed by atoms with Crippen LogP contribution in [0.1, 0.15) is 59.4 Å². The van der Waals surface area contributed by atoms with E-state index in [1.54, 1.807) is 28.8 Å². The lowest BCUT2D eigenvalue weighted by Crippen LogP contribution is -2.54. The van der Waals surface area contributed by atoms with Crippen LogP contribution in [0.3, 0.4) is 0 Å². The second-order valence-corrected chi connectivity index (χ2v) is 12.6. The van der Waals surface area contributed by atoms with Crippen LogP contribution >= 0.6 is 0 Å². The second-order valence-electron chi connectivity index (χ2n) is 12.6. The number of benzene rings is 1. The van der Waals surface area contributed by atoms with Crippen molar-refractivity contribution in [2.45, 2.75) is 51.6 Å². The van der Waals surface area contributed by atoms with Crippen molar-refractivity contribution >= 4 is 29.3 Å². The van der Waals surface area contributed by atoms with Crippen molar-refractivity contribution in [3.05, 3.63) is 77.4 Å². The molecule has 2 aliphatic rings. The summed E-state index contributed by atoms with van der Waals surface area (Å²) >= 11 is 0. The van der Waals surface area contributed by atoms with Crippen LogP contribution in [-0.2, 0) is 23.1 Å². The maximum absolute atomic E-state index is 14.9. The number of aromatic nitrogens is 4. The van der Waals surface area contributed by atoms with E-state index < -0.39 is 29.7 Å². The van der Waals surface area contributed by atoms with Crippen molar-refractivity contribution in [2.24, 2.45) is 13.0 Å². The maximum Gasteiger partial charge on any atom is 0.257 e. The molecule has 246 valence electrons.